The van der Waals surface area contributed by atoms with Gasteiger partial charge in [-0.25, -0.2) is 4.79 Å². The van der Waals surface area contributed by atoms with Crippen LogP contribution in [0.4, 0.5) is 10.5 Å². The highest BCUT2D eigenvalue weighted by Crippen LogP contribution is 2.43. The van der Waals surface area contributed by atoms with Crippen LogP contribution in [0.15, 0.2) is 22.7 Å². The van der Waals surface area contributed by atoms with Gasteiger partial charge >= 0.3 is 6.09 Å². The lowest BCUT2D eigenvalue weighted by molar-refractivity contribution is -0.0126. The number of halogens is 1. The molecule has 1 saturated heterocycles. The van der Waals surface area contributed by atoms with Crippen LogP contribution in [-0.2, 0) is 10.3 Å². The first-order chi connectivity index (χ1) is 8.20. The molecule has 1 spiro atoms. The summed E-state index contributed by atoms with van der Waals surface area (Å²) in [6, 6.07) is 5.89. The van der Waals surface area contributed by atoms with Crippen LogP contribution in [0.2, 0.25) is 0 Å². The SMILES string of the molecule is O=C1Nc2ccc(Br)cc2C2(CCNCC2)O1. The molecule has 17 heavy (non-hydrogen) atoms. The highest BCUT2D eigenvalue weighted by molar-refractivity contribution is 9.10. The summed E-state index contributed by atoms with van der Waals surface area (Å²) in [6.45, 7) is 1.75. The molecule has 5 heteroatoms. The number of piperidine rings is 1. The van der Waals surface area contributed by atoms with Crippen LogP contribution >= 0.6 is 15.9 Å². The molecule has 2 aliphatic heterocycles. The van der Waals surface area contributed by atoms with Gasteiger partial charge in [-0.1, -0.05) is 15.9 Å². The van der Waals surface area contributed by atoms with E-state index in [2.05, 4.69) is 26.6 Å². The third kappa shape index (κ3) is 1.83. The summed E-state index contributed by atoms with van der Waals surface area (Å²) in [5, 5.41) is 6.05. The second kappa shape index (κ2) is 3.99. The molecule has 2 aliphatic rings. The standard InChI is InChI=1S/C12H13BrN2O2/c13-8-1-2-10-9(7-8)12(17-11(16)15-10)3-5-14-6-4-12/h1-2,7,14H,3-6H2,(H,15,16). The van der Waals surface area contributed by atoms with E-state index in [0.717, 1.165) is 41.7 Å². The van der Waals surface area contributed by atoms with E-state index >= 15 is 0 Å². The van der Waals surface area contributed by atoms with Crippen LogP contribution in [0.3, 0.4) is 0 Å². The van der Waals surface area contributed by atoms with Crippen molar-refractivity contribution >= 4 is 27.7 Å². The average molecular weight is 297 g/mol. The van der Waals surface area contributed by atoms with E-state index in [0.29, 0.717) is 0 Å². The van der Waals surface area contributed by atoms with Crippen molar-refractivity contribution in [2.75, 3.05) is 18.4 Å². The third-order valence-corrected chi connectivity index (χ3v) is 3.90. The first-order valence-corrected chi connectivity index (χ1v) is 6.50. The van der Waals surface area contributed by atoms with Gasteiger partial charge < -0.3 is 10.1 Å². The Labute approximate surface area is 108 Å². The number of rotatable bonds is 0. The molecule has 2 heterocycles. The van der Waals surface area contributed by atoms with Crippen LogP contribution < -0.4 is 10.6 Å². The van der Waals surface area contributed by atoms with E-state index in [1.54, 1.807) is 0 Å². The van der Waals surface area contributed by atoms with E-state index in [1.807, 2.05) is 18.2 Å². The van der Waals surface area contributed by atoms with Gasteiger partial charge in [0.15, 0.2) is 0 Å². The van der Waals surface area contributed by atoms with Gasteiger partial charge in [-0.2, -0.15) is 0 Å². The van der Waals surface area contributed by atoms with Gasteiger partial charge in [0.2, 0.25) is 0 Å². The summed E-state index contributed by atoms with van der Waals surface area (Å²) in [5.74, 6) is 0. The van der Waals surface area contributed by atoms with E-state index < -0.39 is 5.60 Å². The smallest absolute Gasteiger partial charge is 0.412 e. The topological polar surface area (TPSA) is 50.4 Å². The maximum Gasteiger partial charge on any atom is 0.412 e. The van der Waals surface area contributed by atoms with Gasteiger partial charge in [0.05, 0.1) is 5.69 Å². The van der Waals surface area contributed by atoms with Crippen molar-refractivity contribution in [3.63, 3.8) is 0 Å². The highest BCUT2D eigenvalue weighted by atomic mass is 79.9. The van der Waals surface area contributed by atoms with Crippen molar-refractivity contribution < 1.29 is 9.53 Å². The fourth-order valence-corrected chi connectivity index (χ4v) is 2.93. The molecule has 0 atom stereocenters. The molecular weight excluding hydrogens is 284 g/mol. The molecule has 90 valence electrons. The van der Waals surface area contributed by atoms with E-state index in [4.69, 9.17) is 4.74 Å². The fraction of sp³-hybridized carbons (Fsp3) is 0.417. The van der Waals surface area contributed by atoms with Crippen LogP contribution in [0, 0.1) is 0 Å². The second-order valence-corrected chi connectivity index (χ2v) is 5.36. The van der Waals surface area contributed by atoms with Crippen molar-refractivity contribution in [2.45, 2.75) is 18.4 Å². The lowest BCUT2D eigenvalue weighted by Gasteiger charge is -2.41. The number of fused-ring (bicyclic) bond motifs is 2. The van der Waals surface area contributed by atoms with Gasteiger partial charge in [0.1, 0.15) is 5.60 Å². The van der Waals surface area contributed by atoms with Gasteiger partial charge in [0, 0.05) is 22.9 Å². The van der Waals surface area contributed by atoms with Gasteiger partial charge in [-0.3, -0.25) is 5.32 Å². The van der Waals surface area contributed by atoms with Crippen molar-refractivity contribution in [1.29, 1.82) is 0 Å². The largest absolute Gasteiger partial charge is 0.438 e. The number of anilines is 1. The summed E-state index contributed by atoms with van der Waals surface area (Å²) in [6.07, 6.45) is 1.30. The molecule has 1 fully saturated rings. The monoisotopic (exact) mass is 296 g/mol. The second-order valence-electron chi connectivity index (χ2n) is 4.45. The number of benzene rings is 1. The number of carbonyl (C=O) groups excluding carboxylic acids is 1. The lowest BCUT2D eigenvalue weighted by atomic mass is 9.83. The third-order valence-electron chi connectivity index (χ3n) is 3.41. The normalized spacial score (nSPS) is 21.6. The van der Waals surface area contributed by atoms with E-state index in [9.17, 15) is 4.79 Å². The van der Waals surface area contributed by atoms with E-state index in [-0.39, 0.29) is 6.09 Å². The summed E-state index contributed by atoms with van der Waals surface area (Å²) < 4.78 is 6.59. The van der Waals surface area contributed by atoms with Gasteiger partial charge in [-0.15, -0.1) is 0 Å². The van der Waals surface area contributed by atoms with Crippen LogP contribution in [0.25, 0.3) is 0 Å². The molecule has 0 aliphatic carbocycles. The number of hydrogen-bond donors (Lipinski definition) is 2. The Morgan fingerprint density at radius 1 is 1.29 bits per heavy atom. The molecule has 2 N–H and O–H groups in total. The Balaban J connectivity index is 2.11. The summed E-state index contributed by atoms with van der Waals surface area (Å²) in [7, 11) is 0. The minimum atomic E-state index is -0.452. The Morgan fingerprint density at radius 2 is 2.06 bits per heavy atom. The Morgan fingerprint density at radius 3 is 2.82 bits per heavy atom. The molecule has 3 rings (SSSR count). The van der Waals surface area contributed by atoms with Gasteiger partial charge in [-0.05, 0) is 31.3 Å². The molecule has 1 aromatic rings. The zero-order chi connectivity index (χ0) is 11.9. The molecule has 0 radical (unpaired) electrons. The maximum atomic E-state index is 11.6. The Kier molecular flexibility index (Phi) is 2.60. The maximum absolute atomic E-state index is 11.6. The molecular formula is C12H13BrN2O2. The number of nitrogens with one attached hydrogen (secondary N) is 2. The van der Waals surface area contributed by atoms with Crippen LogP contribution in [0.5, 0.6) is 0 Å². The van der Waals surface area contributed by atoms with Crippen molar-refractivity contribution in [3.05, 3.63) is 28.2 Å². The lowest BCUT2D eigenvalue weighted by Crippen LogP contribution is -2.46. The minimum Gasteiger partial charge on any atom is -0.438 e. The number of carbonyl (C=O) groups is 1. The average Bonchev–Trinajstić information content (AvgIpc) is 2.31. The number of ether oxygens (including phenoxy) is 1. The number of amides is 1. The summed E-state index contributed by atoms with van der Waals surface area (Å²) >= 11 is 3.47. The quantitative estimate of drug-likeness (QED) is 0.774. The molecule has 0 unspecified atom stereocenters. The predicted octanol–water partition coefficient (Wildman–Crippen LogP) is 2.59. The zero-order valence-corrected chi connectivity index (χ0v) is 10.8. The van der Waals surface area contributed by atoms with Gasteiger partial charge in [0.25, 0.3) is 0 Å². The predicted molar refractivity (Wildman–Crippen MR) is 68.0 cm³/mol. The fourth-order valence-electron chi connectivity index (χ4n) is 2.57. The van der Waals surface area contributed by atoms with Crippen molar-refractivity contribution in [2.24, 2.45) is 0 Å². The molecule has 0 saturated carbocycles. The zero-order valence-electron chi connectivity index (χ0n) is 9.25. The van der Waals surface area contributed by atoms with Crippen LogP contribution in [0.1, 0.15) is 18.4 Å². The first-order valence-electron chi connectivity index (χ1n) is 5.70. The minimum absolute atomic E-state index is 0.346. The first kappa shape index (κ1) is 11.0. The van der Waals surface area contributed by atoms with Crippen molar-refractivity contribution in [3.8, 4) is 0 Å². The molecule has 0 bridgehead atoms. The molecule has 4 nitrogen and oxygen atoms in total. The summed E-state index contributed by atoms with van der Waals surface area (Å²) in [5.41, 5.74) is 1.49. The Bertz CT molecular complexity index is 470. The van der Waals surface area contributed by atoms with Crippen LogP contribution in [-0.4, -0.2) is 19.2 Å². The molecule has 1 aromatic carbocycles. The molecule has 1 amide bonds. The summed E-state index contributed by atoms with van der Waals surface area (Å²) in [4.78, 5) is 11.6. The molecule has 0 aromatic heterocycles. The highest BCUT2D eigenvalue weighted by Gasteiger charge is 2.42. The number of hydrogen-bond acceptors (Lipinski definition) is 3. The van der Waals surface area contributed by atoms with Crippen molar-refractivity contribution in [1.82, 2.24) is 5.32 Å². The van der Waals surface area contributed by atoms with E-state index in [1.165, 1.54) is 0 Å². The Hall–Kier alpha value is -1.07.